The molecule has 108 valence electrons. The molecule has 0 atom stereocenters. The molecule has 0 aliphatic carbocycles. The maximum atomic E-state index is 11.7. The Balaban J connectivity index is 1.52. The normalized spacial score (nSPS) is 20.8. The number of carbonyl (C=O) groups excluding carboxylic acids is 2. The topological polar surface area (TPSA) is 52.7 Å². The first-order valence-corrected chi connectivity index (χ1v) is 8.26. The number of thioether (sulfide) groups is 1. The maximum absolute atomic E-state index is 11.7. The molecule has 2 aliphatic heterocycles. The Kier molecular flexibility index (Phi) is 5.97. The fourth-order valence-corrected chi connectivity index (χ4v) is 3.39. The fourth-order valence-electron chi connectivity index (χ4n) is 2.48. The van der Waals surface area contributed by atoms with Crippen LogP contribution in [0.1, 0.15) is 25.7 Å². The summed E-state index contributed by atoms with van der Waals surface area (Å²) < 4.78 is 0. The Labute approximate surface area is 119 Å². The van der Waals surface area contributed by atoms with Crippen molar-refractivity contribution in [2.24, 2.45) is 0 Å². The smallest absolute Gasteiger partial charge is 0.239 e. The highest BCUT2D eigenvalue weighted by atomic mass is 32.2. The average molecular weight is 285 g/mol. The summed E-state index contributed by atoms with van der Waals surface area (Å²) in [6, 6.07) is 0. The van der Waals surface area contributed by atoms with Crippen molar-refractivity contribution in [1.82, 2.24) is 15.1 Å². The lowest BCUT2D eigenvalue weighted by molar-refractivity contribution is -0.132. The summed E-state index contributed by atoms with van der Waals surface area (Å²) in [6.45, 7) is 4.40. The molecule has 0 aromatic rings. The van der Waals surface area contributed by atoms with E-state index in [2.05, 4.69) is 10.2 Å². The first-order valence-electron chi connectivity index (χ1n) is 7.10. The van der Waals surface area contributed by atoms with Crippen LogP contribution in [0.15, 0.2) is 0 Å². The van der Waals surface area contributed by atoms with Crippen LogP contribution >= 0.6 is 11.8 Å². The second-order valence-corrected chi connectivity index (χ2v) is 6.13. The molecule has 6 heteroatoms. The van der Waals surface area contributed by atoms with Gasteiger partial charge in [0, 0.05) is 6.54 Å². The predicted molar refractivity (Wildman–Crippen MR) is 77.0 cm³/mol. The summed E-state index contributed by atoms with van der Waals surface area (Å²) in [6.07, 6.45) is 4.96. The van der Waals surface area contributed by atoms with E-state index >= 15 is 0 Å². The minimum atomic E-state index is -0.0329. The number of nitrogens with one attached hydrogen (secondary N) is 1. The van der Waals surface area contributed by atoms with Crippen molar-refractivity contribution in [3.05, 3.63) is 0 Å². The molecule has 2 aliphatic rings. The Morgan fingerprint density at radius 2 is 2.05 bits per heavy atom. The summed E-state index contributed by atoms with van der Waals surface area (Å²) >= 11 is 1.57. The van der Waals surface area contributed by atoms with Gasteiger partial charge in [0.15, 0.2) is 0 Å². The third-order valence-corrected chi connectivity index (χ3v) is 4.53. The third kappa shape index (κ3) is 5.03. The van der Waals surface area contributed by atoms with Gasteiger partial charge in [-0.2, -0.15) is 0 Å². The number of hydrogen-bond donors (Lipinski definition) is 1. The van der Waals surface area contributed by atoms with Crippen molar-refractivity contribution >= 4 is 23.6 Å². The van der Waals surface area contributed by atoms with E-state index in [9.17, 15) is 9.59 Å². The van der Waals surface area contributed by atoms with Gasteiger partial charge in [-0.05, 0) is 38.9 Å². The molecule has 2 heterocycles. The van der Waals surface area contributed by atoms with E-state index in [-0.39, 0.29) is 18.4 Å². The molecule has 2 saturated heterocycles. The van der Waals surface area contributed by atoms with Gasteiger partial charge in [0.2, 0.25) is 11.8 Å². The maximum Gasteiger partial charge on any atom is 0.239 e. The van der Waals surface area contributed by atoms with Crippen LogP contribution in [0.5, 0.6) is 0 Å². The molecule has 0 bridgehead atoms. The summed E-state index contributed by atoms with van der Waals surface area (Å²) in [5.41, 5.74) is 0. The number of hydrogen-bond acceptors (Lipinski definition) is 4. The minimum absolute atomic E-state index is 0.0329. The Morgan fingerprint density at radius 1 is 1.26 bits per heavy atom. The first kappa shape index (κ1) is 14.7. The summed E-state index contributed by atoms with van der Waals surface area (Å²) in [7, 11) is 0. The second-order valence-electron chi connectivity index (χ2n) is 5.18. The van der Waals surface area contributed by atoms with E-state index in [0.717, 1.165) is 13.0 Å². The lowest BCUT2D eigenvalue weighted by Gasteiger charge is -2.26. The SMILES string of the molecule is O=C(CN1CSCC1=O)NCCCN1CCCCC1. The van der Waals surface area contributed by atoms with Crippen LogP contribution in [0.3, 0.4) is 0 Å². The number of carbonyl (C=O) groups is 2. The highest BCUT2D eigenvalue weighted by Gasteiger charge is 2.22. The standard InChI is InChI=1S/C13H23N3O2S/c17-12(9-16-11-19-10-13(16)18)14-5-4-8-15-6-2-1-3-7-15/h1-11H2,(H,14,17). The molecule has 0 unspecified atom stereocenters. The van der Waals surface area contributed by atoms with Crippen molar-refractivity contribution in [3.63, 3.8) is 0 Å². The number of piperidine rings is 1. The van der Waals surface area contributed by atoms with Crippen LogP contribution in [-0.4, -0.2) is 66.0 Å². The largest absolute Gasteiger partial charge is 0.355 e. The molecule has 2 amide bonds. The molecule has 0 saturated carbocycles. The van der Waals surface area contributed by atoms with Crippen LogP contribution < -0.4 is 5.32 Å². The molecule has 0 aromatic carbocycles. The van der Waals surface area contributed by atoms with Gasteiger partial charge in [-0.1, -0.05) is 6.42 Å². The summed E-state index contributed by atoms with van der Waals surface area (Å²) in [5, 5.41) is 2.90. The van der Waals surface area contributed by atoms with Crippen LogP contribution in [-0.2, 0) is 9.59 Å². The Morgan fingerprint density at radius 3 is 2.74 bits per heavy atom. The van der Waals surface area contributed by atoms with Gasteiger partial charge in [0.25, 0.3) is 0 Å². The van der Waals surface area contributed by atoms with Crippen molar-refractivity contribution in [2.45, 2.75) is 25.7 Å². The second kappa shape index (κ2) is 7.75. The lowest BCUT2D eigenvalue weighted by Crippen LogP contribution is -2.39. The summed E-state index contributed by atoms with van der Waals surface area (Å²) in [5.74, 6) is 1.21. The van der Waals surface area contributed by atoms with Crippen molar-refractivity contribution in [2.75, 3.05) is 44.4 Å². The molecule has 0 radical (unpaired) electrons. The molecule has 2 rings (SSSR count). The molecule has 19 heavy (non-hydrogen) atoms. The molecular weight excluding hydrogens is 262 g/mol. The molecule has 1 N–H and O–H groups in total. The van der Waals surface area contributed by atoms with Gasteiger partial charge in [-0.3, -0.25) is 9.59 Å². The van der Waals surface area contributed by atoms with Crippen LogP contribution in [0.2, 0.25) is 0 Å². The molecule has 5 nitrogen and oxygen atoms in total. The minimum Gasteiger partial charge on any atom is -0.355 e. The first-order chi connectivity index (χ1) is 9.25. The van der Waals surface area contributed by atoms with E-state index < -0.39 is 0 Å². The molecule has 0 aromatic heterocycles. The van der Waals surface area contributed by atoms with Gasteiger partial charge in [0.05, 0.1) is 11.6 Å². The van der Waals surface area contributed by atoms with E-state index in [1.54, 1.807) is 16.7 Å². The zero-order chi connectivity index (χ0) is 13.5. The van der Waals surface area contributed by atoms with Gasteiger partial charge >= 0.3 is 0 Å². The number of rotatable bonds is 6. The monoisotopic (exact) mass is 285 g/mol. The van der Waals surface area contributed by atoms with Crippen LogP contribution in [0.25, 0.3) is 0 Å². The predicted octanol–water partition coefficient (Wildman–Crippen LogP) is 0.512. The van der Waals surface area contributed by atoms with Crippen molar-refractivity contribution in [1.29, 1.82) is 0 Å². The number of likely N-dealkylation sites (tertiary alicyclic amines) is 1. The van der Waals surface area contributed by atoms with Crippen molar-refractivity contribution < 1.29 is 9.59 Å². The molecular formula is C13H23N3O2S. The highest BCUT2D eigenvalue weighted by molar-refractivity contribution is 8.00. The van der Waals surface area contributed by atoms with Gasteiger partial charge < -0.3 is 15.1 Å². The third-order valence-electron chi connectivity index (χ3n) is 3.58. The van der Waals surface area contributed by atoms with Crippen LogP contribution in [0.4, 0.5) is 0 Å². The zero-order valence-electron chi connectivity index (χ0n) is 11.4. The lowest BCUT2D eigenvalue weighted by atomic mass is 10.1. The zero-order valence-corrected chi connectivity index (χ0v) is 12.2. The highest BCUT2D eigenvalue weighted by Crippen LogP contribution is 2.13. The number of nitrogens with zero attached hydrogens (tertiary/aromatic N) is 2. The van der Waals surface area contributed by atoms with Gasteiger partial charge in [0.1, 0.15) is 6.54 Å². The quantitative estimate of drug-likeness (QED) is 0.723. The number of amides is 2. The van der Waals surface area contributed by atoms with E-state index in [0.29, 0.717) is 18.2 Å². The van der Waals surface area contributed by atoms with Crippen molar-refractivity contribution in [3.8, 4) is 0 Å². The average Bonchev–Trinajstić information content (AvgIpc) is 2.82. The van der Waals surface area contributed by atoms with E-state index in [4.69, 9.17) is 0 Å². The van der Waals surface area contributed by atoms with Crippen LogP contribution in [0, 0.1) is 0 Å². The fraction of sp³-hybridized carbons (Fsp3) is 0.846. The van der Waals surface area contributed by atoms with E-state index in [1.807, 2.05) is 0 Å². The summed E-state index contributed by atoms with van der Waals surface area (Å²) in [4.78, 5) is 27.1. The van der Waals surface area contributed by atoms with Gasteiger partial charge in [-0.25, -0.2) is 0 Å². The molecule has 2 fully saturated rings. The Hall–Kier alpha value is -0.750. The molecule has 0 spiro atoms. The Bertz CT molecular complexity index is 319. The van der Waals surface area contributed by atoms with E-state index in [1.165, 1.54) is 32.4 Å². The van der Waals surface area contributed by atoms with Gasteiger partial charge in [-0.15, -0.1) is 11.8 Å².